The molecule has 4 heterocycles. The minimum atomic E-state index is -0.134. The van der Waals surface area contributed by atoms with Gasteiger partial charge in [-0.25, -0.2) is 9.97 Å². The third-order valence-corrected chi connectivity index (χ3v) is 5.37. The molecule has 1 amide bonds. The molecule has 31 heavy (non-hydrogen) atoms. The highest BCUT2D eigenvalue weighted by molar-refractivity contribution is 5.91. The van der Waals surface area contributed by atoms with Gasteiger partial charge in [-0.15, -0.1) is 0 Å². The maximum atomic E-state index is 12.2. The van der Waals surface area contributed by atoms with Crippen molar-refractivity contribution >= 4 is 17.5 Å². The van der Waals surface area contributed by atoms with Gasteiger partial charge >= 0.3 is 0 Å². The average molecular weight is 423 g/mol. The molecule has 0 atom stereocenters. The highest BCUT2D eigenvalue weighted by atomic mass is 16.5. The van der Waals surface area contributed by atoms with Crippen molar-refractivity contribution in [2.24, 2.45) is 0 Å². The van der Waals surface area contributed by atoms with Gasteiger partial charge in [0.05, 0.1) is 6.54 Å². The SMILES string of the molecule is Cc1cc(NC(=O)CN2CCN(c3ccc(-c4nc(C)c(C)c(=O)[nH]4)cn3)CC2)no1. The molecular formula is C21H25N7O3. The molecule has 10 heteroatoms. The molecule has 4 rings (SSSR count). The van der Waals surface area contributed by atoms with Crippen molar-refractivity contribution in [3.63, 3.8) is 0 Å². The zero-order valence-corrected chi connectivity index (χ0v) is 17.8. The Hall–Kier alpha value is -3.53. The van der Waals surface area contributed by atoms with Crippen LogP contribution < -0.4 is 15.8 Å². The van der Waals surface area contributed by atoms with E-state index in [0.29, 0.717) is 35.2 Å². The number of anilines is 2. The fourth-order valence-electron chi connectivity index (χ4n) is 3.44. The number of hydrogen-bond donors (Lipinski definition) is 2. The second-order valence-corrected chi connectivity index (χ2v) is 7.66. The third-order valence-electron chi connectivity index (χ3n) is 5.37. The number of nitrogens with one attached hydrogen (secondary N) is 2. The van der Waals surface area contributed by atoms with Crippen molar-refractivity contribution < 1.29 is 9.32 Å². The normalized spacial score (nSPS) is 14.6. The molecule has 0 unspecified atom stereocenters. The Morgan fingerprint density at radius 3 is 2.58 bits per heavy atom. The monoisotopic (exact) mass is 423 g/mol. The van der Waals surface area contributed by atoms with Crippen molar-refractivity contribution in [3.8, 4) is 11.4 Å². The third kappa shape index (κ3) is 4.80. The van der Waals surface area contributed by atoms with Crippen molar-refractivity contribution in [1.82, 2.24) is 25.0 Å². The van der Waals surface area contributed by atoms with E-state index in [2.05, 4.69) is 35.2 Å². The van der Waals surface area contributed by atoms with Crippen LogP contribution in [0.25, 0.3) is 11.4 Å². The van der Waals surface area contributed by atoms with E-state index in [4.69, 9.17) is 4.52 Å². The van der Waals surface area contributed by atoms with Crippen molar-refractivity contribution in [1.29, 1.82) is 0 Å². The summed E-state index contributed by atoms with van der Waals surface area (Å²) < 4.78 is 4.96. The first kappa shape index (κ1) is 20.7. The van der Waals surface area contributed by atoms with E-state index in [1.165, 1.54) is 0 Å². The molecule has 0 aliphatic carbocycles. The molecule has 1 saturated heterocycles. The largest absolute Gasteiger partial charge is 0.360 e. The van der Waals surface area contributed by atoms with E-state index in [0.717, 1.165) is 37.6 Å². The molecule has 0 radical (unpaired) electrons. The number of pyridine rings is 1. The van der Waals surface area contributed by atoms with E-state index in [1.807, 2.05) is 19.1 Å². The minimum absolute atomic E-state index is 0.112. The number of aromatic nitrogens is 4. The van der Waals surface area contributed by atoms with Gasteiger partial charge < -0.3 is 19.7 Å². The summed E-state index contributed by atoms with van der Waals surface area (Å²) in [6, 6.07) is 5.53. The Labute approximate surface area is 179 Å². The van der Waals surface area contributed by atoms with Gasteiger partial charge in [0, 0.05) is 55.3 Å². The lowest BCUT2D eigenvalue weighted by Crippen LogP contribution is -2.48. The van der Waals surface area contributed by atoms with E-state index in [1.54, 1.807) is 26.1 Å². The quantitative estimate of drug-likeness (QED) is 0.634. The first-order chi connectivity index (χ1) is 14.9. The number of carbonyl (C=O) groups excluding carboxylic acids is 1. The summed E-state index contributed by atoms with van der Waals surface area (Å²) in [7, 11) is 0. The average Bonchev–Trinajstić information content (AvgIpc) is 3.16. The van der Waals surface area contributed by atoms with E-state index >= 15 is 0 Å². The highest BCUT2D eigenvalue weighted by Crippen LogP contribution is 2.19. The lowest BCUT2D eigenvalue weighted by Gasteiger charge is -2.34. The number of H-pyrrole nitrogens is 1. The minimum Gasteiger partial charge on any atom is -0.360 e. The van der Waals surface area contributed by atoms with E-state index < -0.39 is 0 Å². The number of aromatic amines is 1. The van der Waals surface area contributed by atoms with E-state index in [9.17, 15) is 9.59 Å². The van der Waals surface area contributed by atoms with Crippen molar-refractivity contribution in [3.05, 3.63) is 51.8 Å². The molecule has 0 aromatic carbocycles. The molecular weight excluding hydrogens is 398 g/mol. The lowest BCUT2D eigenvalue weighted by atomic mass is 10.2. The van der Waals surface area contributed by atoms with Crippen molar-refractivity contribution in [2.45, 2.75) is 20.8 Å². The topological polar surface area (TPSA) is 120 Å². The zero-order valence-electron chi connectivity index (χ0n) is 17.8. The Morgan fingerprint density at radius 1 is 1.19 bits per heavy atom. The van der Waals surface area contributed by atoms with Gasteiger partial charge in [-0.3, -0.25) is 14.5 Å². The second kappa shape index (κ2) is 8.68. The van der Waals surface area contributed by atoms with Gasteiger partial charge in [0.2, 0.25) is 5.91 Å². The van der Waals surface area contributed by atoms with Gasteiger partial charge in [0.15, 0.2) is 5.82 Å². The molecule has 2 N–H and O–H groups in total. The molecule has 1 fully saturated rings. The van der Waals surface area contributed by atoms with Gasteiger partial charge in [-0.05, 0) is 32.9 Å². The molecule has 0 bridgehead atoms. The fourth-order valence-corrected chi connectivity index (χ4v) is 3.44. The van der Waals surface area contributed by atoms with Crippen LogP contribution in [0.1, 0.15) is 17.0 Å². The Bertz CT molecular complexity index is 1130. The van der Waals surface area contributed by atoms with Gasteiger partial charge in [-0.1, -0.05) is 5.16 Å². The standard InChI is InChI=1S/C21H25N7O3/c1-13-10-17(26-31-13)24-19(29)12-27-6-8-28(9-7-27)18-5-4-16(11-22-18)20-23-15(3)14(2)21(30)25-20/h4-5,10-11H,6-9,12H2,1-3H3,(H,23,25,30)(H,24,26,29). The zero-order chi connectivity index (χ0) is 22.0. The van der Waals surface area contributed by atoms with Crippen LogP contribution in [-0.4, -0.2) is 63.6 Å². The maximum Gasteiger partial charge on any atom is 0.254 e. The number of rotatable bonds is 5. The summed E-state index contributed by atoms with van der Waals surface area (Å²) >= 11 is 0. The van der Waals surface area contributed by atoms with Crippen molar-refractivity contribution in [2.75, 3.05) is 42.9 Å². The molecule has 3 aromatic heterocycles. The van der Waals surface area contributed by atoms with Gasteiger partial charge in [0.1, 0.15) is 17.4 Å². The number of piperazine rings is 1. The number of aryl methyl sites for hydroxylation is 2. The first-order valence-corrected chi connectivity index (χ1v) is 10.1. The summed E-state index contributed by atoms with van der Waals surface area (Å²) in [5, 5.41) is 6.52. The number of hydrogen-bond acceptors (Lipinski definition) is 8. The van der Waals surface area contributed by atoms with Gasteiger partial charge in [-0.2, -0.15) is 0 Å². The predicted octanol–water partition coefficient (Wildman–Crippen LogP) is 1.51. The molecule has 3 aromatic rings. The Balaban J connectivity index is 1.32. The number of carbonyl (C=O) groups is 1. The highest BCUT2D eigenvalue weighted by Gasteiger charge is 2.20. The van der Waals surface area contributed by atoms with Crippen LogP contribution in [0.4, 0.5) is 11.6 Å². The molecule has 0 saturated carbocycles. The number of amides is 1. The summed E-state index contributed by atoms with van der Waals surface area (Å²) in [5.41, 5.74) is 1.96. The Morgan fingerprint density at radius 2 is 1.97 bits per heavy atom. The van der Waals surface area contributed by atoms with Gasteiger partial charge in [0.25, 0.3) is 5.56 Å². The molecule has 1 aliphatic rings. The van der Waals surface area contributed by atoms with E-state index in [-0.39, 0.29) is 11.5 Å². The summed E-state index contributed by atoms with van der Waals surface area (Å²) in [5.74, 6) is 2.36. The predicted molar refractivity (Wildman–Crippen MR) is 116 cm³/mol. The van der Waals surface area contributed by atoms with Crippen LogP contribution in [0.5, 0.6) is 0 Å². The molecule has 10 nitrogen and oxygen atoms in total. The second-order valence-electron chi connectivity index (χ2n) is 7.66. The van der Waals surface area contributed by atoms with Crippen LogP contribution in [-0.2, 0) is 4.79 Å². The maximum absolute atomic E-state index is 12.2. The summed E-state index contributed by atoms with van der Waals surface area (Å²) in [6.45, 7) is 8.69. The molecule has 162 valence electrons. The molecule has 1 aliphatic heterocycles. The summed E-state index contributed by atoms with van der Waals surface area (Å²) in [4.78, 5) is 40.3. The lowest BCUT2D eigenvalue weighted by molar-refractivity contribution is -0.117. The van der Waals surface area contributed by atoms with Crippen LogP contribution in [0, 0.1) is 20.8 Å². The number of nitrogens with zero attached hydrogens (tertiary/aromatic N) is 5. The molecule has 0 spiro atoms. The fraction of sp³-hybridized carbons (Fsp3) is 0.381. The Kier molecular flexibility index (Phi) is 5.81. The van der Waals surface area contributed by atoms with Crippen LogP contribution in [0.3, 0.4) is 0 Å². The van der Waals surface area contributed by atoms with Crippen LogP contribution >= 0.6 is 0 Å². The first-order valence-electron chi connectivity index (χ1n) is 10.1. The summed E-state index contributed by atoms with van der Waals surface area (Å²) in [6.07, 6.45) is 1.72. The van der Waals surface area contributed by atoms with Crippen LogP contribution in [0.2, 0.25) is 0 Å². The van der Waals surface area contributed by atoms with Crippen LogP contribution in [0.15, 0.2) is 33.7 Å². The smallest absolute Gasteiger partial charge is 0.254 e.